The second-order valence-electron chi connectivity index (χ2n) is 6.36. The number of carbonyl (C=O) groups excluding carboxylic acids is 1. The van der Waals surface area contributed by atoms with Gasteiger partial charge in [-0.3, -0.25) is 4.79 Å². The highest BCUT2D eigenvalue weighted by atomic mass is 32.1. The molecule has 5 nitrogen and oxygen atoms in total. The third kappa shape index (κ3) is 4.26. The van der Waals surface area contributed by atoms with E-state index in [1.807, 2.05) is 41.8 Å². The van der Waals surface area contributed by atoms with Gasteiger partial charge in [-0.25, -0.2) is 4.98 Å². The summed E-state index contributed by atoms with van der Waals surface area (Å²) in [5.41, 5.74) is 3.15. The Bertz CT molecular complexity index is 1170. The van der Waals surface area contributed by atoms with Gasteiger partial charge in [0.15, 0.2) is 0 Å². The SMILES string of the molecule is Cc1oc(-c2cccs2)nc1CC(=O)Oc1ccc(-c2ccc(C#N)cc2)cc1. The molecule has 0 saturated carbocycles. The molecule has 0 N–H and O–H groups in total. The molecule has 0 unspecified atom stereocenters. The van der Waals surface area contributed by atoms with E-state index in [-0.39, 0.29) is 6.42 Å². The number of benzene rings is 2. The molecule has 0 radical (unpaired) electrons. The van der Waals surface area contributed by atoms with E-state index in [1.54, 1.807) is 31.2 Å². The highest BCUT2D eigenvalue weighted by molar-refractivity contribution is 7.13. The van der Waals surface area contributed by atoms with Crippen LogP contribution < -0.4 is 4.74 Å². The Hall–Kier alpha value is -3.69. The second-order valence-corrected chi connectivity index (χ2v) is 7.31. The van der Waals surface area contributed by atoms with Crippen LogP contribution in [-0.2, 0) is 11.2 Å². The van der Waals surface area contributed by atoms with Gasteiger partial charge in [-0.05, 0) is 53.8 Å². The molecule has 0 fully saturated rings. The van der Waals surface area contributed by atoms with Crippen molar-refractivity contribution in [2.45, 2.75) is 13.3 Å². The van der Waals surface area contributed by atoms with Gasteiger partial charge in [-0.2, -0.15) is 5.26 Å². The Morgan fingerprint density at radius 1 is 1.10 bits per heavy atom. The van der Waals surface area contributed by atoms with E-state index in [0.29, 0.717) is 28.7 Å². The molecule has 0 atom stereocenters. The number of esters is 1. The molecule has 4 rings (SSSR count). The molecule has 0 amide bonds. The van der Waals surface area contributed by atoms with Gasteiger partial charge in [0.2, 0.25) is 5.89 Å². The van der Waals surface area contributed by atoms with Crippen LogP contribution in [0.3, 0.4) is 0 Å². The Balaban J connectivity index is 1.41. The van der Waals surface area contributed by atoms with Gasteiger partial charge in [0.05, 0.1) is 28.6 Å². The average Bonchev–Trinajstić information content (AvgIpc) is 3.39. The maximum atomic E-state index is 12.3. The van der Waals surface area contributed by atoms with Crippen LogP contribution in [0, 0.1) is 18.3 Å². The van der Waals surface area contributed by atoms with Gasteiger partial charge in [-0.15, -0.1) is 11.3 Å². The second kappa shape index (κ2) is 8.13. The van der Waals surface area contributed by atoms with Crippen LogP contribution in [0.15, 0.2) is 70.5 Å². The molecule has 2 heterocycles. The molecular weight excluding hydrogens is 384 g/mol. The van der Waals surface area contributed by atoms with Crippen LogP contribution >= 0.6 is 11.3 Å². The summed E-state index contributed by atoms with van der Waals surface area (Å²) in [7, 11) is 0. The van der Waals surface area contributed by atoms with E-state index in [2.05, 4.69) is 11.1 Å². The van der Waals surface area contributed by atoms with Gasteiger partial charge < -0.3 is 9.15 Å². The lowest BCUT2D eigenvalue weighted by atomic mass is 10.0. The van der Waals surface area contributed by atoms with E-state index in [9.17, 15) is 4.79 Å². The van der Waals surface area contributed by atoms with E-state index >= 15 is 0 Å². The first-order valence-corrected chi connectivity index (χ1v) is 9.82. The molecule has 0 spiro atoms. The lowest BCUT2D eigenvalue weighted by Crippen LogP contribution is -2.12. The monoisotopic (exact) mass is 400 g/mol. The first-order valence-electron chi connectivity index (χ1n) is 8.94. The lowest BCUT2D eigenvalue weighted by Gasteiger charge is -2.06. The summed E-state index contributed by atoms with van der Waals surface area (Å²) in [5.74, 6) is 1.20. The third-order valence-electron chi connectivity index (χ3n) is 4.37. The zero-order valence-electron chi connectivity index (χ0n) is 15.6. The van der Waals surface area contributed by atoms with Crippen LogP contribution in [0.2, 0.25) is 0 Å². The molecule has 6 heteroatoms. The van der Waals surface area contributed by atoms with Crippen molar-refractivity contribution >= 4 is 17.3 Å². The van der Waals surface area contributed by atoms with Crippen LogP contribution in [0.5, 0.6) is 5.75 Å². The summed E-state index contributed by atoms with van der Waals surface area (Å²) >= 11 is 1.53. The van der Waals surface area contributed by atoms with Crippen LogP contribution in [0.4, 0.5) is 0 Å². The summed E-state index contributed by atoms with van der Waals surface area (Å²) in [5, 5.41) is 10.8. The standard InChI is InChI=1S/C23H16N2O3S/c1-15-20(25-23(27-15)21-3-2-12-29-21)13-22(26)28-19-10-8-18(9-11-19)17-6-4-16(14-24)5-7-17/h2-12H,13H2,1H3. The van der Waals surface area contributed by atoms with E-state index in [1.165, 1.54) is 11.3 Å². The van der Waals surface area contributed by atoms with Crippen molar-refractivity contribution in [3.8, 4) is 33.7 Å². The van der Waals surface area contributed by atoms with Crippen molar-refractivity contribution in [2.24, 2.45) is 0 Å². The van der Waals surface area contributed by atoms with E-state index in [4.69, 9.17) is 14.4 Å². The number of hydrogen-bond donors (Lipinski definition) is 0. The zero-order valence-corrected chi connectivity index (χ0v) is 16.4. The minimum atomic E-state index is -0.398. The van der Waals surface area contributed by atoms with Crippen LogP contribution in [0.25, 0.3) is 21.9 Å². The molecule has 0 aliphatic carbocycles. The molecule has 2 aromatic heterocycles. The number of thiophene rings is 1. The van der Waals surface area contributed by atoms with Gasteiger partial charge >= 0.3 is 5.97 Å². The Labute approximate surface area is 171 Å². The largest absolute Gasteiger partial charge is 0.440 e. The number of rotatable bonds is 5. The summed E-state index contributed by atoms with van der Waals surface area (Å²) in [4.78, 5) is 17.7. The number of nitrogens with zero attached hydrogens (tertiary/aromatic N) is 2. The number of hydrogen-bond acceptors (Lipinski definition) is 6. The Kier molecular flexibility index (Phi) is 5.23. The first-order chi connectivity index (χ1) is 14.1. The van der Waals surface area contributed by atoms with Crippen molar-refractivity contribution in [1.29, 1.82) is 5.26 Å². The Morgan fingerprint density at radius 2 is 1.79 bits per heavy atom. The topological polar surface area (TPSA) is 76.1 Å². The number of oxazole rings is 1. The van der Waals surface area contributed by atoms with Crippen molar-refractivity contribution in [2.75, 3.05) is 0 Å². The van der Waals surface area contributed by atoms with Gasteiger partial charge in [0, 0.05) is 0 Å². The molecule has 142 valence electrons. The fraction of sp³-hybridized carbons (Fsp3) is 0.0870. The number of ether oxygens (including phenoxy) is 1. The highest BCUT2D eigenvalue weighted by Crippen LogP contribution is 2.27. The molecule has 0 saturated heterocycles. The lowest BCUT2D eigenvalue weighted by molar-refractivity contribution is -0.133. The number of carbonyl (C=O) groups is 1. The summed E-state index contributed by atoms with van der Waals surface area (Å²) < 4.78 is 11.1. The molecule has 0 aliphatic rings. The zero-order chi connectivity index (χ0) is 20.2. The summed E-state index contributed by atoms with van der Waals surface area (Å²) in [6, 6.07) is 20.5. The minimum absolute atomic E-state index is 0.0398. The maximum Gasteiger partial charge on any atom is 0.317 e. The number of aromatic nitrogens is 1. The van der Waals surface area contributed by atoms with Crippen molar-refractivity contribution in [1.82, 2.24) is 4.98 Å². The van der Waals surface area contributed by atoms with Gasteiger partial charge in [0.25, 0.3) is 0 Å². The molecular formula is C23H16N2O3S. The predicted molar refractivity (Wildman–Crippen MR) is 110 cm³/mol. The quantitative estimate of drug-likeness (QED) is 0.331. The number of nitriles is 1. The molecule has 29 heavy (non-hydrogen) atoms. The van der Waals surface area contributed by atoms with Crippen molar-refractivity contribution < 1.29 is 13.9 Å². The third-order valence-corrected chi connectivity index (χ3v) is 5.23. The van der Waals surface area contributed by atoms with Crippen molar-refractivity contribution in [3.05, 3.63) is 83.1 Å². The average molecular weight is 400 g/mol. The summed E-state index contributed by atoms with van der Waals surface area (Å²) in [6.07, 6.45) is 0.0398. The van der Waals surface area contributed by atoms with Gasteiger partial charge in [0.1, 0.15) is 11.5 Å². The fourth-order valence-electron chi connectivity index (χ4n) is 2.85. The minimum Gasteiger partial charge on any atom is -0.440 e. The summed E-state index contributed by atoms with van der Waals surface area (Å²) in [6.45, 7) is 1.79. The number of aryl methyl sites for hydroxylation is 1. The van der Waals surface area contributed by atoms with Crippen molar-refractivity contribution in [3.63, 3.8) is 0 Å². The molecule has 0 bridgehead atoms. The molecule has 2 aromatic carbocycles. The van der Waals surface area contributed by atoms with Crippen LogP contribution in [-0.4, -0.2) is 11.0 Å². The van der Waals surface area contributed by atoms with Gasteiger partial charge in [-0.1, -0.05) is 30.3 Å². The highest BCUT2D eigenvalue weighted by Gasteiger charge is 2.16. The predicted octanol–water partition coefficient (Wildman–Crippen LogP) is 5.40. The smallest absolute Gasteiger partial charge is 0.317 e. The molecule has 4 aromatic rings. The van der Waals surface area contributed by atoms with E-state index < -0.39 is 5.97 Å². The first kappa shape index (κ1) is 18.7. The Morgan fingerprint density at radius 3 is 2.41 bits per heavy atom. The maximum absolute atomic E-state index is 12.3. The van der Waals surface area contributed by atoms with Crippen LogP contribution in [0.1, 0.15) is 17.0 Å². The van der Waals surface area contributed by atoms with E-state index in [0.717, 1.165) is 16.0 Å². The molecule has 0 aliphatic heterocycles. The fourth-order valence-corrected chi connectivity index (χ4v) is 3.50. The normalized spacial score (nSPS) is 10.5.